The Hall–Kier alpha value is -4.57. The van der Waals surface area contributed by atoms with E-state index in [2.05, 4.69) is 6.07 Å². The van der Waals surface area contributed by atoms with Gasteiger partial charge in [-0.1, -0.05) is 48.5 Å². The molecule has 0 spiro atoms. The molecular formula is C28H24N2O5. The highest BCUT2D eigenvalue weighted by atomic mass is 16.5. The Labute approximate surface area is 203 Å². The fraction of sp³-hybridized carbons (Fsp3) is 0.179. The van der Waals surface area contributed by atoms with Crippen LogP contribution in [0, 0.1) is 11.3 Å². The standard InChI is InChI=1S/C28H24N2O5/c29-15-8-16-30-19-24(22-11-4-6-13-25(22)30)26(31)20-35-28(32)23-12-5-7-14-27(23)34-18-17-33-21-9-2-1-3-10-21/h1-7,9-14,19H,8,16-18,20H2. The van der Waals surface area contributed by atoms with Crippen molar-refractivity contribution in [2.45, 2.75) is 13.0 Å². The van der Waals surface area contributed by atoms with Crippen molar-refractivity contribution < 1.29 is 23.8 Å². The van der Waals surface area contributed by atoms with Crippen LogP contribution in [0.5, 0.6) is 11.5 Å². The molecule has 0 fully saturated rings. The third kappa shape index (κ3) is 5.87. The Morgan fingerprint density at radius 1 is 0.829 bits per heavy atom. The highest BCUT2D eigenvalue weighted by Gasteiger charge is 2.19. The maximum Gasteiger partial charge on any atom is 0.342 e. The van der Waals surface area contributed by atoms with E-state index in [4.69, 9.17) is 19.5 Å². The molecule has 0 unspecified atom stereocenters. The maximum absolute atomic E-state index is 12.9. The molecule has 0 saturated heterocycles. The molecule has 0 aliphatic heterocycles. The fourth-order valence-electron chi connectivity index (χ4n) is 3.70. The van der Waals surface area contributed by atoms with Gasteiger partial charge in [0.2, 0.25) is 5.78 Å². The van der Waals surface area contributed by atoms with E-state index in [-0.39, 0.29) is 18.0 Å². The molecule has 176 valence electrons. The number of nitrogens with zero attached hydrogens (tertiary/aromatic N) is 2. The van der Waals surface area contributed by atoms with Crippen LogP contribution in [0.25, 0.3) is 10.9 Å². The van der Waals surface area contributed by atoms with Crippen molar-refractivity contribution in [2.75, 3.05) is 19.8 Å². The van der Waals surface area contributed by atoms with E-state index >= 15 is 0 Å². The molecule has 0 aliphatic carbocycles. The van der Waals surface area contributed by atoms with E-state index in [0.29, 0.717) is 30.9 Å². The molecule has 1 aromatic heterocycles. The third-order valence-electron chi connectivity index (χ3n) is 5.35. The number of Topliss-reactive ketones (excluding diaryl/α,β-unsaturated/α-hetero) is 1. The summed E-state index contributed by atoms with van der Waals surface area (Å²) in [4.78, 5) is 25.6. The first-order valence-electron chi connectivity index (χ1n) is 11.2. The first-order valence-corrected chi connectivity index (χ1v) is 11.2. The lowest BCUT2D eigenvalue weighted by molar-refractivity contribution is 0.0470. The number of rotatable bonds is 11. The summed E-state index contributed by atoms with van der Waals surface area (Å²) in [5, 5.41) is 9.66. The molecule has 0 saturated carbocycles. The van der Waals surface area contributed by atoms with Crippen LogP contribution in [0.4, 0.5) is 0 Å². The van der Waals surface area contributed by atoms with Gasteiger partial charge in [-0.15, -0.1) is 0 Å². The molecule has 4 rings (SSSR count). The quantitative estimate of drug-likeness (QED) is 0.174. The maximum atomic E-state index is 12.9. The summed E-state index contributed by atoms with van der Waals surface area (Å²) in [7, 11) is 0. The normalized spacial score (nSPS) is 10.5. The molecule has 3 aromatic carbocycles. The highest BCUT2D eigenvalue weighted by molar-refractivity contribution is 6.09. The number of ether oxygens (including phenoxy) is 3. The van der Waals surface area contributed by atoms with Crippen molar-refractivity contribution in [3.05, 3.63) is 96.2 Å². The predicted octanol–water partition coefficient (Wildman–Crippen LogP) is 5.05. The van der Waals surface area contributed by atoms with Crippen molar-refractivity contribution in [1.82, 2.24) is 4.57 Å². The van der Waals surface area contributed by atoms with E-state index in [0.717, 1.165) is 16.7 Å². The number of esters is 1. The molecule has 1 heterocycles. The molecule has 7 nitrogen and oxygen atoms in total. The number of para-hydroxylation sites is 3. The van der Waals surface area contributed by atoms with E-state index in [1.807, 2.05) is 59.2 Å². The summed E-state index contributed by atoms with van der Waals surface area (Å²) in [5.41, 5.74) is 1.54. The smallest absolute Gasteiger partial charge is 0.342 e. The number of hydrogen-bond acceptors (Lipinski definition) is 6. The topological polar surface area (TPSA) is 90.6 Å². The van der Waals surface area contributed by atoms with Crippen LogP contribution in [0.1, 0.15) is 27.1 Å². The van der Waals surface area contributed by atoms with Gasteiger partial charge in [0.15, 0.2) is 6.61 Å². The van der Waals surface area contributed by atoms with Gasteiger partial charge < -0.3 is 18.8 Å². The van der Waals surface area contributed by atoms with Gasteiger partial charge >= 0.3 is 5.97 Å². The second-order valence-electron chi connectivity index (χ2n) is 7.67. The molecule has 0 amide bonds. The molecule has 4 aromatic rings. The number of ketones is 1. The Bertz CT molecular complexity index is 1350. The largest absolute Gasteiger partial charge is 0.490 e. The Kier molecular flexibility index (Phi) is 7.77. The van der Waals surface area contributed by atoms with Gasteiger partial charge in [-0.2, -0.15) is 5.26 Å². The lowest BCUT2D eigenvalue weighted by Crippen LogP contribution is -2.16. The van der Waals surface area contributed by atoms with Gasteiger partial charge in [0.25, 0.3) is 0 Å². The number of nitriles is 1. The summed E-state index contributed by atoms with van der Waals surface area (Å²) in [6.07, 6.45) is 2.04. The number of aryl methyl sites for hydroxylation is 1. The summed E-state index contributed by atoms with van der Waals surface area (Å²) < 4.78 is 18.5. The van der Waals surface area contributed by atoms with Crippen molar-refractivity contribution in [2.24, 2.45) is 0 Å². The zero-order valence-electron chi connectivity index (χ0n) is 19.1. The molecule has 35 heavy (non-hydrogen) atoms. The van der Waals surface area contributed by atoms with Crippen molar-refractivity contribution in [3.8, 4) is 17.6 Å². The minimum atomic E-state index is -0.647. The molecular weight excluding hydrogens is 444 g/mol. The average Bonchev–Trinajstić information content (AvgIpc) is 3.28. The lowest BCUT2D eigenvalue weighted by Gasteiger charge is -2.12. The van der Waals surface area contributed by atoms with Crippen molar-refractivity contribution in [1.29, 1.82) is 5.26 Å². The molecule has 0 atom stereocenters. The van der Waals surface area contributed by atoms with Gasteiger partial charge in [-0.25, -0.2) is 4.79 Å². The van der Waals surface area contributed by atoms with E-state index < -0.39 is 12.6 Å². The number of aromatic nitrogens is 1. The van der Waals surface area contributed by atoms with Gasteiger partial charge in [-0.05, 0) is 30.3 Å². The minimum absolute atomic E-state index is 0.233. The number of hydrogen-bond donors (Lipinski definition) is 0. The van der Waals surface area contributed by atoms with Crippen LogP contribution in [-0.2, 0) is 11.3 Å². The molecule has 0 bridgehead atoms. The van der Waals surface area contributed by atoms with Crippen molar-refractivity contribution >= 4 is 22.7 Å². The first kappa shape index (κ1) is 23.6. The van der Waals surface area contributed by atoms with E-state index in [1.54, 1.807) is 30.5 Å². The van der Waals surface area contributed by atoms with Crippen LogP contribution >= 0.6 is 0 Å². The Morgan fingerprint density at radius 3 is 2.37 bits per heavy atom. The van der Waals surface area contributed by atoms with Crippen LogP contribution in [0.2, 0.25) is 0 Å². The molecule has 0 aliphatic rings. The molecule has 7 heteroatoms. The summed E-state index contributed by atoms with van der Waals surface area (Å²) in [6.45, 7) is 0.612. The average molecular weight is 469 g/mol. The lowest BCUT2D eigenvalue weighted by atomic mass is 10.1. The molecule has 0 radical (unpaired) electrons. The number of carbonyl (C=O) groups excluding carboxylic acids is 2. The SMILES string of the molecule is N#CCCn1cc(C(=O)COC(=O)c2ccccc2OCCOc2ccccc2)c2ccccc21. The summed E-state index contributed by atoms with van der Waals surface area (Å²) in [6, 6.07) is 25.7. The third-order valence-corrected chi connectivity index (χ3v) is 5.35. The van der Waals surface area contributed by atoms with E-state index in [9.17, 15) is 9.59 Å². The second-order valence-corrected chi connectivity index (χ2v) is 7.67. The van der Waals surface area contributed by atoms with Crippen LogP contribution in [0.15, 0.2) is 85.1 Å². The number of carbonyl (C=O) groups is 2. The van der Waals surface area contributed by atoms with Gasteiger partial charge in [0.05, 0.1) is 12.5 Å². The van der Waals surface area contributed by atoms with E-state index in [1.165, 1.54) is 0 Å². The van der Waals surface area contributed by atoms with Crippen molar-refractivity contribution in [3.63, 3.8) is 0 Å². The Morgan fingerprint density at radius 2 is 1.54 bits per heavy atom. The number of benzene rings is 3. The minimum Gasteiger partial charge on any atom is -0.490 e. The molecule has 0 N–H and O–H groups in total. The summed E-state index contributed by atoms with van der Waals surface area (Å²) in [5.74, 6) is 0.122. The fourth-order valence-corrected chi connectivity index (χ4v) is 3.70. The van der Waals surface area contributed by atoms with Gasteiger partial charge in [0.1, 0.15) is 30.3 Å². The zero-order valence-corrected chi connectivity index (χ0v) is 19.1. The predicted molar refractivity (Wildman–Crippen MR) is 131 cm³/mol. The van der Waals surface area contributed by atoms with Gasteiger partial charge in [-0.3, -0.25) is 4.79 Å². The number of fused-ring (bicyclic) bond motifs is 1. The van der Waals surface area contributed by atoms with Crippen LogP contribution < -0.4 is 9.47 Å². The zero-order chi connectivity index (χ0) is 24.5. The van der Waals surface area contributed by atoms with Crippen LogP contribution in [-0.4, -0.2) is 36.1 Å². The van der Waals surface area contributed by atoms with Crippen LogP contribution in [0.3, 0.4) is 0 Å². The Balaban J connectivity index is 1.37. The first-order chi connectivity index (χ1) is 17.2. The highest BCUT2D eigenvalue weighted by Crippen LogP contribution is 2.23. The summed E-state index contributed by atoms with van der Waals surface area (Å²) >= 11 is 0. The van der Waals surface area contributed by atoms with Gasteiger partial charge in [0, 0.05) is 29.2 Å². The monoisotopic (exact) mass is 468 g/mol. The second kappa shape index (κ2) is 11.5.